The zero-order chi connectivity index (χ0) is 16.2. The minimum absolute atomic E-state index is 0.154. The summed E-state index contributed by atoms with van der Waals surface area (Å²) in [5, 5.41) is 0. The van der Waals surface area contributed by atoms with E-state index < -0.39 is 0 Å². The Balaban J connectivity index is 1.58. The largest absolute Gasteiger partial charge is 0.441 e. The van der Waals surface area contributed by atoms with Gasteiger partial charge in [-0.15, -0.1) is 0 Å². The highest BCUT2D eigenvalue weighted by Gasteiger charge is 2.25. The fourth-order valence-corrected chi connectivity index (χ4v) is 3.32. The van der Waals surface area contributed by atoms with Crippen molar-refractivity contribution in [3.05, 3.63) is 40.8 Å². The molecule has 2 heterocycles. The van der Waals surface area contributed by atoms with Crippen LogP contribution in [0.25, 0.3) is 11.3 Å². The summed E-state index contributed by atoms with van der Waals surface area (Å²) in [4.78, 5) is 18.4. The van der Waals surface area contributed by atoms with Crippen LogP contribution in [0, 0.1) is 5.92 Å². The number of amides is 1. The van der Waals surface area contributed by atoms with Crippen LogP contribution in [-0.4, -0.2) is 35.4 Å². The number of carbonyl (C=O) groups excluding carboxylic acids is 1. The summed E-state index contributed by atoms with van der Waals surface area (Å²) in [5.41, 5.74) is 6.63. The van der Waals surface area contributed by atoms with Crippen molar-refractivity contribution in [3.8, 4) is 11.3 Å². The van der Waals surface area contributed by atoms with Crippen LogP contribution in [0.1, 0.15) is 18.7 Å². The summed E-state index contributed by atoms with van der Waals surface area (Å²) >= 11 is 3.50. The van der Waals surface area contributed by atoms with Crippen molar-refractivity contribution >= 4 is 21.8 Å². The molecule has 1 aliphatic rings. The number of nitrogens with two attached hydrogens (primary N) is 1. The van der Waals surface area contributed by atoms with E-state index in [1.165, 1.54) is 0 Å². The number of halogens is 1. The number of carbonyl (C=O) groups is 1. The number of aromatic nitrogens is 1. The molecule has 1 atom stereocenters. The molecule has 0 saturated carbocycles. The van der Waals surface area contributed by atoms with Crippen LogP contribution < -0.4 is 5.73 Å². The number of likely N-dealkylation sites (tertiary alicyclic amines) is 1. The van der Waals surface area contributed by atoms with Crippen LogP contribution in [0.3, 0.4) is 0 Å². The second-order valence-electron chi connectivity index (χ2n) is 5.83. The van der Waals surface area contributed by atoms with Gasteiger partial charge in [0.05, 0.1) is 6.20 Å². The molecule has 23 heavy (non-hydrogen) atoms. The molecule has 6 heteroatoms. The molecule has 122 valence electrons. The molecule has 0 radical (unpaired) electrons. The molecule has 3 rings (SSSR count). The molecule has 1 aromatic carbocycles. The molecule has 1 aromatic heterocycles. The van der Waals surface area contributed by atoms with E-state index in [1.54, 1.807) is 6.20 Å². The average molecular weight is 378 g/mol. The Hall–Kier alpha value is -1.66. The molecule has 1 amide bonds. The quantitative estimate of drug-likeness (QED) is 0.869. The van der Waals surface area contributed by atoms with Gasteiger partial charge in [0.2, 0.25) is 5.91 Å². The Morgan fingerprint density at radius 2 is 2.26 bits per heavy atom. The summed E-state index contributed by atoms with van der Waals surface area (Å²) < 4.78 is 6.74. The monoisotopic (exact) mass is 377 g/mol. The normalized spacial score (nSPS) is 17.7. The van der Waals surface area contributed by atoms with E-state index in [0.717, 1.165) is 29.5 Å². The van der Waals surface area contributed by atoms with Crippen LogP contribution in [0.4, 0.5) is 0 Å². The lowest BCUT2D eigenvalue weighted by molar-refractivity contribution is -0.130. The Morgan fingerprint density at radius 3 is 3.00 bits per heavy atom. The van der Waals surface area contributed by atoms with Gasteiger partial charge in [0, 0.05) is 36.0 Å². The Bertz CT molecular complexity index is 686. The fourth-order valence-electron chi connectivity index (χ4n) is 2.83. The van der Waals surface area contributed by atoms with Crippen molar-refractivity contribution in [2.75, 3.05) is 19.6 Å². The van der Waals surface area contributed by atoms with E-state index in [1.807, 2.05) is 29.2 Å². The van der Waals surface area contributed by atoms with Gasteiger partial charge < -0.3 is 15.1 Å². The first-order valence-electron chi connectivity index (χ1n) is 7.85. The Labute approximate surface area is 144 Å². The van der Waals surface area contributed by atoms with Gasteiger partial charge in [0.1, 0.15) is 0 Å². The first-order chi connectivity index (χ1) is 11.2. The van der Waals surface area contributed by atoms with Gasteiger partial charge in [-0.3, -0.25) is 4.79 Å². The molecular formula is C17H20BrN3O2. The number of rotatable bonds is 5. The zero-order valence-corrected chi connectivity index (χ0v) is 14.5. The van der Waals surface area contributed by atoms with Gasteiger partial charge in [-0.2, -0.15) is 0 Å². The maximum atomic E-state index is 12.2. The van der Waals surface area contributed by atoms with Gasteiger partial charge in [-0.1, -0.05) is 34.1 Å². The molecule has 2 aromatic rings. The molecule has 0 unspecified atom stereocenters. The second kappa shape index (κ2) is 7.27. The first-order valence-corrected chi connectivity index (χ1v) is 8.64. The summed E-state index contributed by atoms with van der Waals surface area (Å²) in [5.74, 6) is 1.91. The van der Waals surface area contributed by atoms with Crippen molar-refractivity contribution in [1.82, 2.24) is 9.88 Å². The van der Waals surface area contributed by atoms with Crippen molar-refractivity contribution < 1.29 is 9.21 Å². The van der Waals surface area contributed by atoms with Crippen LogP contribution in [0.5, 0.6) is 0 Å². The van der Waals surface area contributed by atoms with E-state index in [0.29, 0.717) is 37.0 Å². The molecule has 1 aliphatic heterocycles. The third kappa shape index (κ3) is 3.82. The van der Waals surface area contributed by atoms with Gasteiger partial charge >= 0.3 is 0 Å². The average Bonchev–Trinajstić information content (AvgIpc) is 3.22. The molecular weight excluding hydrogens is 358 g/mol. The van der Waals surface area contributed by atoms with Crippen LogP contribution >= 0.6 is 15.9 Å². The van der Waals surface area contributed by atoms with E-state index in [-0.39, 0.29) is 5.91 Å². The minimum atomic E-state index is 0.154. The molecule has 0 spiro atoms. The van der Waals surface area contributed by atoms with Crippen LogP contribution in [0.2, 0.25) is 0 Å². The highest BCUT2D eigenvalue weighted by atomic mass is 79.9. The minimum Gasteiger partial charge on any atom is -0.441 e. The maximum Gasteiger partial charge on any atom is 0.223 e. The number of oxazole rings is 1. The van der Waals surface area contributed by atoms with Gasteiger partial charge in [0.25, 0.3) is 0 Å². The molecule has 1 fully saturated rings. The van der Waals surface area contributed by atoms with E-state index in [9.17, 15) is 4.79 Å². The summed E-state index contributed by atoms with van der Waals surface area (Å²) in [7, 11) is 0. The molecule has 5 nitrogen and oxygen atoms in total. The molecule has 2 N–H and O–H groups in total. The van der Waals surface area contributed by atoms with Crippen molar-refractivity contribution in [2.45, 2.75) is 19.3 Å². The molecule has 0 bridgehead atoms. The number of nitrogens with zero attached hydrogens (tertiary/aromatic N) is 2. The van der Waals surface area contributed by atoms with Gasteiger partial charge in [0.15, 0.2) is 11.7 Å². The third-order valence-corrected chi connectivity index (χ3v) is 4.91. The lowest BCUT2D eigenvalue weighted by Gasteiger charge is -2.15. The summed E-state index contributed by atoms with van der Waals surface area (Å²) in [6.07, 6.45) is 3.66. The van der Waals surface area contributed by atoms with Gasteiger partial charge in [-0.05, 0) is 24.9 Å². The number of benzene rings is 1. The van der Waals surface area contributed by atoms with Crippen molar-refractivity contribution in [2.24, 2.45) is 11.7 Å². The third-order valence-electron chi connectivity index (χ3n) is 4.22. The van der Waals surface area contributed by atoms with Crippen molar-refractivity contribution in [3.63, 3.8) is 0 Å². The van der Waals surface area contributed by atoms with E-state index >= 15 is 0 Å². The van der Waals surface area contributed by atoms with Gasteiger partial charge in [-0.25, -0.2) is 4.98 Å². The maximum absolute atomic E-state index is 12.2. The SMILES string of the molecule is NC[C@H]1CCN(C(=O)CCc2ncc(-c3ccccc3Br)o2)C1. The first kappa shape index (κ1) is 16.2. The predicted octanol–water partition coefficient (Wildman–Crippen LogP) is 2.84. The predicted molar refractivity (Wildman–Crippen MR) is 91.7 cm³/mol. The fraction of sp³-hybridized carbons (Fsp3) is 0.412. The zero-order valence-electron chi connectivity index (χ0n) is 12.9. The number of hydrogen-bond donors (Lipinski definition) is 1. The number of aryl methyl sites for hydroxylation is 1. The van der Waals surface area contributed by atoms with Crippen molar-refractivity contribution in [1.29, 1.82) is 0 Å². The number of hydrogen-bond acceptors (Lipinski definition) is 4. The lowest BCUT2D eigenvalue weighted by atomic mass is 10.1. The Kier molecular flexibility index (Phi) is 5.13. The van der Waals surface area contributed by atoms with Crippen LogP contribution in [0.15, 0.2) is 39.4 Å². The van der Waals surface area contributed by atoms with E-state index in [4.69, 9.17) is 10.2 Å². The highest BCUT2D eigenvalue weighted by Crippen LogP contribution is 2.28. The highest BCUT2D eigenvalue weighted by molar-refractivity contribution is 9.10. The van der Waals surface area contributed by atoms with Crippen LogP contribution in [-0.2, 0) is 11.2 Å². The summed E-state index contributed by atoms with van der Waals surface area (Å²) in [6, 6.07) is 7.83. The lowest BCUT2D eigenvalue weighted by Crippen LogP contribution is -2.30. The second-order valence-corrected chi connectivity index (χ2v) is 6.68. The summed E-state index contributed by atoms with van der Waals surface area (Å²) in [6.45, 7) is 2.25. The topological polar surface area (TPSA) is 72.4 Å². The smallest absolute Gasteiger partial charge is 0.223 e. The molecule has 1 saturated heterocycles. The Morgan fingerprint density at radius 1 is 1.43 bits per heavy atom. The van der Waals surface area contributed by atoms with E-state index in [2.05, 4.69) is 20.9 Å². The standard InChI is InChI=1S/C17H20BrN3O2/c18-14-4-2-1-3-13(14)15-10-20-16(23-15)5-6-17(22)21-8-7-12(9-19)11-21/h1-4,10,12H,5-9,11,19H2/t12-/m1/s1. The molecule has 0 aliphatic carbocycles.